The number of aromatic amines is 3. The molecule has 1 aliphatic carbocycles. The Morgan fingerprint density at radius 1 is 0.367 bits per heavy atom. The smallest absolute Gasteiger partial charge is 0.407 e. The highest BCUT2D eigenvalue weighted by molar-refractivity contribution is 6.02. The number of fused-ring (bicyclic) bond motifs is 6. The van der Waals surface area contributed by atoms with E-state index in [1.165, 1.54) is 4.90 Å². The number of benzene rings is 6. The zero-order valence-electron chi connectivity index (χ0n) is 85.3. The van der Waals surface area contributed by atoms with Crippen LogP contribution in [0.25, 0.3) is 43.8 Å². The SMILES string of the molecule is CC[C@H](C)[C@H](NC(=O)[C@@H](NC(=O)[C@@H]1CCCN1C(=O)[C@H](CC(C)C)NC(=O)[C@H](Cc1ccccc1)NC(=O)OCC1c2ccccc2-c2ccccc21)[C@@H](C)CC)C(=O)N[C@@H](CCCCN)C(=O)N[C@@H](Cc1c[nH]c2ccccc12)C(=O)N[C@@H](CCCCN)C(=O)N[C@@H](Cc1c[nH]c2ccccc12)C(=O)N[C@@H](CCCCN)C(=O)N[C@@H](Cc1c[nH]c2ccccc12)C(=O)N[C@@H](CCCCN)C(=O)N[C@@H](CCCCN)C(=O)O. The van der Waals surface area contributed by atoms with Gasteiger partial charge < -0.3 is 122 Å². The van der Waals surface area contributed by atoms with Gasteiger partial charge in [-0.1, -0.05) is 188 Å². The third-order valence-corrected chi connectivity index (χ3v) is 28.1. The van der Waals surface area contributed by atoms with Gasteiger partial charge in [-0.15, -0.1) is 0 Å². The summed E-state index contributed by atoms with van der Waals surface area (Å²) in [6, 6.07) is 29.5. The number of aromatic nitrogens is 3. The summed E-state index contributed by atoms with van der Waals surface area (Å²) in [5, 5.41) is 46.9. The summed E-state index contributed by atoms with van der Waals surface area (Å²) in [5.41, 5.74) is 38.6. The van der Waals surface area contributed by atoms with E-state index in [0.29, 0.717) is 116 Å². The average molecular weight is 2020 g/mol. The van der Waals surface area contributed by atoms with E-state index in [1.54, 1.807) is 38.5 Å². The molecule has 2 aliphatic rings. The lowest BCUT2D eigenvalue weighted by atomic mass is 9.94. The van der Waals surface area contributed by atoms with Crippen molar-refractivity contribution in [1.82, 2.24) is 83.7 Å². The second-order valence-electron chi connectivity index (χ2n) is 39.3. The number of ether oxygens (including phenoxy) is 1. The second kappa shape index (κ2) is 57.3. The number of amides is 13. The molecular weight excluding hydrogens is 1870 g/mol. The molecule has 1 aliphatic heterocycles. The van der Waals surface area contributed by atoms with Crippen LogP contribution in [-0.4, -0.2) is 232 Å². The van der Waals surface area contributed by atoms with Gasteiger partial charge in [-0.2, -0.15) is 0 Å². The van der Waals surface area contributed by atoms with Crippen LogP contribution in [-0.2, 0) is 92.7 Å². The van der Waals surface area contributed by atoms with Crippen molar-refractivity contribution in [3.05, 3.63) is 204 Å². The number of nitrogens with zero attached hydrogens (tertiary/aromatic N) is 1. The second-order valence-corrected chi connectivity index (χ2v) is 39.3. The first-order chi connectivity index (χ1) is 71.0. The Morgan fingerprint density at radius 2 is 0.694 bits per heavy atom. The van der Waals surface area contributed by atoms with Gasteiger partial charge in [-0.05, 0) is 229 Å². The number of hydrogen-bond acceptors (Lipinski definition) is 20. The molecule has 0 saturated carbocycles. The van der Waals surface area contributed by atoms with E-state index >= 15 is 47.9 Å². The maximum absolute atomic E-state index is 15.8. The Balaban J connectivity index is 0.812. The van der Waals surface area contributed by atoms with Crippen LogP contribution < -0.4 is 92.5 Å². The molecule has 6 aromatic carbocycles. The van der Waals surface area contributed by atoms with Crippen molar-refractivity contribution in [3.8, 4) is 11.1 Å². The number of likely N-dealkylation sites (tertiary alicyclic amines) is 1. The van der Waals surface area contributed by atoms with E-state index in [-0.39, 0.29) is 135 Å². The zero-order valence-corrected chi connectivity index (χ0v) is 85.3. The van der Waals surface area contributed by atoms with Gasteiger partial charge >= 0.3 is 12.1 Å². The van der Waals surface area contributed by atoms with Crippen LogP contribution in [0.4, 0.5) is 4.79 Å². The predicted molar refractivity (Wildman–Crippen MR) is 565 cm³/mol. The Morgan fingerprint density at radius 3 is 1.08 bits per heavy atom. The number of unbranched alkanes of at least 4 members (excludes halogenated alkanes) is 5. The summed E-state index contributed by atoms with van der Waals surface area (Å²) in [6.45, 7) is 12.3. The topological polar surface area (TPSA) is 594 Å². The molecule has 3 aromatic heterocycles. The van der Waals surface area contributed by atoms with E-state index in [9.17, 15) is 24.3 Å². The van der Waals surface area contributed by atoms with E-state index in [4.69, 9.17) is 33.4 Å². The van der Waals surface area contributed by atoms with Gasteiger partial charge in [0, 0.05) is 89.4 Å². The van der Waals surface area contributed by atoms with E-state index in [2.05, 4.69) is 78.8 Å². The molecule has 0 bridgehead atoms. The summed E-state index contributed by atoms with van der Waals surface area (Å²) >= 11 is 0. The highest BCUT2D eigenvalue weighted by Gasteiger charge is 2.44. The molecule has 1 saturated heterocycles. The lowest BCUT2D eigenvalue weighted by Gasteiger charge is -2.33. The minimum absolute atomic E-state index is 0.0120. The average Bonchev–Trinajstić information content (AvgIpc) is 1.65. The fourth-order valence-electron chi connectivity index (χ4n) is 19.4. The first-order valence-electron chi connectivity index (χ1n) is 52.2. The number of nitrogens with one attached hydrogen (secondary N) is 15. The molecule has 15 atom stereocenters. The van der Waals surface area contributed by atoms with Gasteiger partial charge in [0.25, 0.3) is 0 Å². The molecule has 792 valence electrons. The summed E-state index contributed by atoms with van der Waals surface area (Å²) < 4.78 is 5.94. The Labute approximate surface area is 858 Å². The van der Waals surface area contributed by atoms with Crippen LogP contribution in [0.1, 0.15) is 209 Å². The highest BCUT2D eigenvalue weighted by Crippen LogP contribution is 2.45. The number of carbonyl (C=O) groups excluding carboxylic acids is 13. The Bertz CT molecular complexity index is 5860. The third-order valence-electron chi connectivity index (χ3n) is 28.1. The molecule has 0 unspecified atom stereocenters. The van der Waals surface area contributed by atoms with Gasteiger partial charge in [0.15, 0.2) is 0 Å². The van der Waals surface area contributed by atoms with Crippen molar-refractivity contribution in [3.63, 3.8) is 0 Å². The number of carbonyl (C=O) groups is 14. The van der Waals surface area contributed by atoms with Crippen LogP contribution in [0.2, 0.25) is 0 Å². The lowest BCUT2D eigenvalue weighted by Crippen LogP contribution is -2.62. The molecular formula is C110H151N21O16. The van der Waals surface area contributed by atoms with Crippen molar-refractivity contribution in [1.29, 1.82) is 0 Å². The predicted octanol–water partition coefficient (Wildman–Crippen LogP) is 7.50. The number of H-pyrrole nitrogens is 3. The lowest BCUT2D eigenvalue weighted by molar-refractivity contribution is -0.143. The molecule has 147 heavy (non-hydrogen) atoms. The zero-order chi connectivity index (χ0) is 106. The standard InChI is InChI=1S/C110H151N21O16/c1-7-67(5)95(130-107(142)96(68(6)8-2)129-105(140)94-50-32-56-131(94)108(143)93(57-66(3)4)127-101(136)89(58-69-33-10-9-11-34-69)128-110(146)147-65-80-78-40-14-12-38-76(78)77-39-13-15-41-79(77)80)106(141)122-87(48-25-30-54-114)100(135)126-92(61-72-64-118-83-44-21-18-37-75(72)83)104(139)121-86(47-24-29-53-113)99(134)125-91(60-71-63-117-82-43-20-17-36-74(71)82)103(138)120-85(46-23-28-52-112)98(133)124-90(59-70-62-116-81-42-19-16-35-73(70)81)102(137)119-84(45-22-27-51-111)97(132)123-88(109(144)145)49-26-31-55-115/h9-21,33-44,62-64,66-68,80,84-96,116-118H,7-8,22-32,45-61,65,111-115H2,1-6H3,(H,119,137)(H,120,138)(H,121,139)(H,122,141)(H,123,132)(H,124,133)(H,125,134)(H,126,135)(H,127,136)(H,128,146)(H,129,140)(H,130,142)(H,144,145)/t67-,68-,84-,85-,86-,87-,88-,89-,90-,91-,92-,93-,94-,95-,96-/m0/s1. The van der Waals surface area contributed by atoms with Crippen LogP contribution in [0.5, 0.6) is 0 Å². The number of para-hydroxylation sites is 3. The van der Waals surface area contributed by atoms with Gasteiger partial charge in [-0.3, -0.25) is 57.5 Å². The monoisotopic (exact) mass is 2020 g/mol. The van der Waals surface area contributed by atoms with Crippen LogP contribution in [0.3, 0.4) is 0 Å². The van der Waals surface area contributed by atoms with Crippen molar-refractivity contribution in [2.24, 2.45) is 46.4 Å². The maximum Gasteiger partial charge on any atom is 0.407 e. The van der Waals surface area contributed by atoms with Crippen LogP contribution in [0, 0.1) is 17.8 Å². The molecule has 9 aromatic rings. The van der Waals surface area contributed by atoms with Crippen molar-refractivity contribution in [2.45, 2.75) is 280 Å². The molecule has 0 radical (unpaired) electrons. The molecule has 0 spiro atoms. The van der Waals surface area contributed by atoms with Crippen molar-refractivity contribution < 1.29 is 77.0 Å². The summed E-state index contributed by atoms with van der Waals surface area (Å²) in [4.78, 5) is 221. The minimum Gasteiger partial charge on any atom is -0.480 e. The minimum atomic E-state index is -1.51. The van der Waals surface area contributed by atoms with E-state index < -0.39 is 173 Å². The number of hydrogen-bond donors (Lipinski definition) is 21. The largest absolute Gasteiger partial charge is 0.480 e. The summed E-state index contributed by atoms with van der Waals surface area (Å²) in [5.74, 6) is -11.9. The number of nitrogens with two attached hydrogens (primary N) is 5. The number of carboxylic acids is 1. The number of alkyl carbamates (subject to hydrolysis) is 1. The fourth-order valence-corrected chi connectivity index (χ4v) is 19.4. The maximum atomic E-state index is 15.8. The Kier molecular flexibility index (Phi) is 44.2. The molecule has 13 amide bonds. The first kappa shape index (κ1) is 113. The normalized spacial score (nSPS) is 15.7. The van der Waals surface area contributed by atoms with Crippen LogP contribution in [0.15, 0.2) is 170 Å². The van der Waals surface area contributed by atoms with E-state index in [1.807, 2.05) is 173 Å². The molecule has 4 heterocycles. The quantitative estimate of drug-likeness (QED) is 0.0164. The summed E-state index contributed by atoms with van der Waals surface area (Å²) in [6.07, 6.45) is 9.01. The van der Waals surface area contributed by atoms with Crippen molar-refractivity contribution in [2.75, 3.05) is 45.9 Å². The van der Waals surface area contributed by atoms with Gasteiger partial charge in [0.05, 0.1) is 0 Å². The number of carboxylic acid groups (broad SMARTS) is 1. The number of aliphatic carboxylic acids is 1. The molecule has 37 heteroatoms. The van der Waals surface area contributed by atoms with E-state index in [0.717, 1.165) is 38.7 Å². The Hall–Kier alpha value is -13.9. The molecule has 1 fully saturated rings. The van der Waals surface area contributed by atoms with Gasteiger partial charge in [0.2, 0.25) is 70.9 Å². The first-order valence-corrected chi connectivity index (χ1v) is 52.2. The molecule has 11 rings (SSSR count). The third kappa shape index (κ3) is 32.1. The van der Waals surface area contributed by atoms with Gasteiger partial charge in [-0.25, -0.2) is 9.59 Å². The molecule has 37 nitrogen and oxygen atoms in total. The molecule has 26 N–H and O–H groups in total. The fraction of sp³-hybridized carbons (Fsp3) is 0.491. The van der Waals surface area contributed by atoms with Crippen LogP contribution >= 0.6 is 0 Å². The van der Waals surface area contributed by atoms with Crippen molar-refractivity contribution >= 4 is 116 Å². The number of rotatable bonds is 61. The highest BCUT2D eigenvalue weighted by atomic mass is 16.5. The van der Waals surface area contributed by atoms with Gasteiger partial charge in [0.1, 0.15) is 85.2 Å². The summed E-state index contributed by atoms with van der Waals surface area (Å²) in [7, 11) is 0.